The molecule has 3 N–H and O–H groups in total. The summed E-state index contributed by atoms with van der Waals surface area (Å²) in [6.45, 7) is 2.35. The molecule has 0 aromatic heterocycles. The highest BCUT2D eigenvalue weighted by molar-refractivity contribution is 5.96. The van der Waals surface area contributed by atoms with Gasteiger partial charge in [0.15, 0.2) is 6.10 Å². The highest BCUT2D eigenvalue weighted by Gasteiger charge is 2.30. The van der Waals surface area contributed by atoms with Crippen molar-refractivity contribution in [2.24, 2.45) is 0 Å². The topological polar surface area (TPSA) is 97.6 Å². The van der Waals surface area contributed by atoms with Gasteiger partial charge >= 0.3 is 0 Å². The Bertz CT molecular complexity index is 1120. The number of hydrogen-bond donors (Lipinski definition) is 3. The minimum Gasteiger partial charge on any atom is -0.508 e. The predicted molar refractivity (Wildman–Crippen MR) is 134 cm³/mol. The van der Waals surface area contributed by atoms with Crippen molar-refractivity contribution in [3.05, 3.63) is 47.0 Å². The van der Waals surface area contributed by atoms with E-state index in [1.54, 1.807) is 24.3 Å². The number of nitrogens with one attached hydrogen (secondary N) is 2. The van der Waals surface area contributed by atoms with Gasteiger partial charge in [0.2, 0.25) is 0 Å². The van der Waals surface area contributed by atoms with E-state index < -0.39 is 6.10 Å². The number of piperidine rings is 1. The first-order valence-electron chi connectivity index (χ1n) is 12.3. The number of fused-ring (bicyclic) bond motifs is 1. The number of aromatic hydroxyl groups is 1. The number of benzene rings is 2. The van der Waals surface area contributed by atoms with Gasteiger partial charge in [0, 0.05) is 13.2 Å². The first kappa shape index (κ1) is 22.5. The molecule has 3 aliphatic rings. The zero-order chi connectivity index (χ0) is 23.7. The molecule has 1 aliphatic carbocycles. The maximum atomic E-state index is 13.2. The van der Waals surface area contributed by atoms with Gasteiger partial charge in [-0.3, -0.25) is 4.79 Å². The normalized spacial score (nSPS) is 21.2. The monoisotopic (exact) mass is 462 g/mol. The Morgan fingerprint density at radius 1 is 1.15 bits per heavy atom. The Morgan fingerprint density at radius 2 is 1.88 bits per heavy atom. The minimum absolute atomic E-state index is 0. The highest BCUT2D eigenvalue weighted by atomic mass is 16.5. The van der Waals surface area contributed by atoms with Crippen molar-refractivity contribution in [3.63, 3.8) is 0 Å². The Morgan fingerprint density at radius 3 is 2.62 bits per heavy atom. The Hall–Kier alpha value is -3.24. The summed E-state index contributed by atoms with van der Waals surface area (Å²) in [7, 11) is 2.14. The lowest BCUT2D eigenvalue weighted by Crippen LogP contribution is -2.41. The lowest BCUT2D eigenvalue weighted by atomic mass is 9.85. The van der Waals surface area contributed by atoms with Gasteiger partial charge in [0.25, 0.3) is 5.91 Å². The van der Waals surface area contributed by atoms with E-state index in [1.165, 1.54) is 12.8 Å². The standard InChI is InChI=1S/C27H32N4O3.H2/c1-31-10-8-19(9-11-31)20-13-21(18-4-2-3-5-18)24(32)14-22(20)30-27(33)26-16-29-23-12-17(15-28)6-7-25(23)34-26;/h6-7,12-14,18-19,26,29,32H,2-5,8-11,16H2,1H3,(H,30,33);1H. The van der Waals surface area contributed by atoms with Gasteiger partial charge in [0.05, 0.1) is 23.9 Å². The Balaban J connectivity index is 0.00000289. The average Bonchev–Trinajstić information content (AvgIpc) is 3.39. The molecule has 5 rings (SSSR count). The van der Waals surface area contributed by atoms with Crippen LogP contribution < -0.4 is 15.4 Å². The summed E-state index contributed by atoms with van der Waals surface area (Å²) in [6.07, 6.45) is 5.99. The Kier molecular flexibility index (Phi) is 6.34. The van der Waals surface area contributed by atoms with E-state index in [9.17, 15) is 9.90 Å². The average molecular weight is 463 g/mol. The van der Waals surface area contributed by atoms with E-state index >= 15 is 0 Å². The molecule has 0 radical (unpaired) electrons. The van der Waals surface area contributed by atoms with Gasteiger partial charge in [-0.2, -0.15) is 5.26 Å². The molecule has 1 saturated carbocycles. The molecule has 7 nitrogen and oxygen atoms in total. The molecule has 34 heavy (non-hydrogen) atoms. The van der Waals surface area contributed by atoms with E-state index in [2.05, 4.69) is 34.7 Å². The number of phenolic OH excluding ortho intramolecular Hbond substituents is 1. The molecule has 2 fully saturated rings. The summed E-state index contributed by atoms with van der Waals surface area (Å²) < 4.78 is 5.95. The molecule has 0 spiro atoms. The van der Waals surface area contributed by atoms with Crippen LogP contribution in [-0.4, -0.2) is 48.7 Å². The number of nitrogens with zero attached hydrogens (tertiary/aromatic N) is 2. The fraction of sp³-hybridized carbons (Fsp3) is 0.481. The van der Waals surface area contributed by atoms with Crippen molar-refractivity contribution in [2.45, 2.75) is 56.5 Å². The summed E-state index contributed by atoms with van der Waals surface area (Å²) in [5.41, 5.74) is 4.10. The van der Waals surface area contributed by atoms with Crippen LogP contribution in [0.1, 0.15) is 68.5 Å². The second-order valence-electron chi connectivity index (χ2n) is 9.86. The van der Waals surface area contributed by atoms with Crippen molar-refractivity contribution in [1.82, 2.24) is 4.90 Å². The lowest BCUT2D eigenvalue weighted by molar-refractivity contribution is -0.122. The lowest BCUT2D eigenvalue weighted by Gasteiger charge is -2.32. The molecule has 2 aromatic carbocycles. The molecule has 7 heteroatoms. The molecule has 2 heterocycles. The summed E-state index contributed by atoms with van der Waals surface area (Å²) >= 11 is 0. The van der Waals surface area contributed by atoms with E-state index in [0.29, 0.717) is 41.1 Å². The molecule has 2 aromatic rings. The molecule has 0 bridgehead atoms. The summed E-state index contributed by atoms with van der Waals surface area (Å²) in [6, 6.07) is 11.1. The SMILES string of the molecule is CN1CCC(c2cc(C3CCCC3)c(O)cc2NC(=O)C2CNc3cc(C#N)ccc3O2)CC1.[HH]. The number of likely N-dealkylation sites (tertiary alicyclic amines) is 1. The molecule has 1 amide bonds. The van der Waals surface area contributed by atoms with Gasteiger partial charge < -0.3 is 25.4 Å². The third-order valence-electron chi connectivity index (χ3n) is 7.56. The fourth-order valence-electron chi connectivity index (χ4n) is 5.55. The predicted octanol–water partition coefficient (Wildman–Crippen LogP) is 4.79. The number of carbonyl (C=O) groups excluding carboxylic acids is 1. The third-order valence-corrected chi connectivity index (χ3v) is 7.56. The number of hydrogen-bond acceptors (Lipinski definition) is 6. The summed E-state index contributed by atoms with van der Waals surface area (Å²) in [4.78, 5) is 15.6. The van der Waals surface area contributed by atoms with E-state index in [1.807, 2.05) is 0 Å². The minimum atomic E-state index is -0.706. The van der Waals surface area contributed by atoms with Crippen LogP contribution in [0.2, 0.25) is 0 Å². The fourth-order valence-corrected chi connectivity index (χ4v) is 5.55. The number of phenols is 1. The highest BCUT2D eigenvalue weighted by Crippen LogP contribution is 2.43. The van der Waals surface area contributed by atoms with Crippen molar-refractivity contribution in [1.29, 1.82) is 5.26 Å². The van der Waals surface area contributed by atoms with Crippen LogP contribution in [-0.2, 0) is 4.79 Å². The van der Waals surface area contributed by atoms with Gasteiger partial charge in [-0.15, -0.1) is 0 Å². The molecular weight excluding hydrogens is 428 g/mol. The first-order chi connectivity index (χ1) is 16.5. The number of rotatable bonds is 4. The second kappa shape index (κ2) is 9.55. The number of amides is 1. The molecule has 1 saturated heterocycles. The molecule has 180 valence electrons. The van der Waals surface area contributed by atoms with Crippen LogP contribution in [0.4, 0.5) is 11.4 Å². The number of carbonyl (C=O) groups is 1. The molecule has 1 unspecified atom stereocenters. The quantitative estimate of drug-likeness (QED) is 0.605. The summed E-state index contributed by atoms with van der Waals surface area (Å²) in [5, 5.41) is 26.3. The molecule has 2 aliphatic heterocycles. The smallest absolute Gasteiger partial charge is 0.267 e. The van der Waals surface area contributed by atoms with E-state index in [0.717, 1.165) is 49.9 Å². The Labute approximate surface area is 202 Å². The van der Waals surface area contributed by atoms with Crippen molar-refractivity contribution >= 4 is 17.3 Å². The van der Waals surface area contributed by atoms with Gasteiger partial charge in [0.1, 0.15) is 11.5 Å². The van der Waals surface area contributed by atoms with Crippen molar-refractivity contribution < 1.29 is 16.1 Å². The van der Waals surface area contributed by atoms with Gasteiger partial charge in [-0.25, -0.2) is 0 Å². The van der Waals surface area contributed by atoms with Gasteiger partial charge in [-0.05, 0) is 93.0 Å². The van der Waals surface area contributed by atoms with Crippen LogP contribution >= 0.6 is 0 Å². The van der Waals surface area contributed by atoms with E-state index in [4.69, 9.17) is 10.00 Å². The van der Waals surface area contributed by atoms with Crippen LogP contribution in [0.3, 0.4) is 0 Å². The van der Waals surface area contributed by atoms with Crippen LogP contribution in [0.15, 0.2) is 30.3 Å². The largest absolute Gasteiger partial charge is 0.508 e. The van der Waals surface area contributed by atoms with Crippen molar-refractivity contribution in [2.75, 3.05) is 37.3 Å². The number of nitriles is 1. The third kappa shape index (κ3) is 4.55. The van der Waals surface area contributed by atoms with Crippen LogP contribution in [0.25, 0.3) is 0 Å². The van der Waals surface area contributed by atoms with Crippen molar-refractivity contribution in [3.8, 4) is 17.6 Å². The zero-order valence-electron chi connectivity index (χ0n) is 19.6. The van der Waals surface area contributed by atoms with Gasteiger partial charge in [-0.1, -0.05) is 12.8 Å². The number of ether oxygens (including phenoxy) is 1. The van der Waals surface area contributed by atoms with E-state index in [-0.39, 0.29) is 13.1 Å². The second-order valence-corrected chi connectivity index (χ2v) is 9.86. The van der Waals surface area contributed by atoms with Crippen LogP contribution in [0.5, 0.6) is 11.5 Å². The number of anilines is 2. The summed E-state index contributed by atoms with van der Waals surface area (Å²) in [5.74, 6) is 1.33. The van der Waals surface area contributed by atoms with Crippen LogP contribution in [0, 0.1) is 11.3 Å². The molecular formula is C27H34N4O3. The molecule has 1 atom stereocenters. The zero-order valence-corrected chi connectivity index (χ0v) is 19.6. The first-order valence-corrected chi connectivity index (χ1v) is 12.3. The maximum Gasteiger partial charge on any atom is 0.267 e. The maximum absolute atomic E-state index is 13.2.